The molecule has 0 fully saturated rings. The van der Waals surface area contributed by atoms with Crippen LogP contribution in [0.15, 0.2) is 27.3 Å². The predicted molar refractivity (Wildman–Crippen MR) is 88.6 cm³/mol. The van der Waals surface area contributed by atoms with Gasteiger partial charge in [0.25, 0.3) is 0 Å². The summed E-state index contributed by atoms with van der Waals surface area (Å²) in [6, 6.07) is 4.86. The first-order valence-corrected chi connectivity index (χ1v) is 7.62. The van der Waals surface area contributed by atoms with Gasteiger partial charge in [-0.1, -0.05) is 15.9 Å². The summed E-state index contributed by atoms with van der Waals surface area (Å²) in [6.45, 7) is 0. The zero-order chi connectivity index (χ0) is 17.3. The molecule has 118 valence electrons. The summed E-state index contributed by atoms with van der Waals surface area (Å²) in [7, 11) is 1.17. The van der Waals surface area contributed by atoms with Gasteiger partial charge in [0.1, 0.15) is 6.07 Å². The number of anilines is 1. The number of hydrogen-bond acceptors (Lipinski definition) is 5. The van der Waals surface area contributed by atoms with Crippen molar-refractivity contribution in [3.8, 4) is 11.8 Å². The fourth-order valence-corrected chi connectivity index (χ4v) is 3.48. The van der Waals surface area contributed by atoms with E-state index in [2.05, 4.69) is 36.6 Å². The first-order chi connectivity index (χ1) is 10.8. The second kappa shape index (κ2) is 6.44. The van der Waals surface area contributed by atoms with E-state index in [9.17, 15) is 14.7 Å². The molecule has 0 saturated heterocycles. The zero-order valence-electron chi connectivity index (χ0n) is 11.6. The van der Waals surface area contributed by atoms with Crippen LogP contribution in [0.5, 0.6) is 0 Å². The van der Waals surface area contributed by atoms with Crippen LogP contribution in [-0.2, 0) is 4.74 Å². The minimum atomic E-state index is -1.21. The maximum absolute atomic E-state index is 12.0. The number of esters is 1. The van der Waals surface area contributed by atoms with Crippen molar-refractivity contribution in [3.05, 3.63) is 44.1 Å². The molecule has 0 atom stereocenters. The summed E-state index contributed by atoms with van der Waals surface area (Å²) >= 11 is 6.49. The number of nitriles is 1. The molecule has 0 radical (unpaired) electrons. The Morgan fingerprint density at radius 1 is 1.39 bits per heavy atom. The smallest absolute Gasteiger partial charge is 0.357 e. The number of ether oxygens (including phenoxy) is 1. The maximum atomic E-state index is 12.0. The number of aromatic carboxylic acids is 1. The SMILES string of the molecule is COC(=O)c1c(N)c(C#N)cn1-c1c(Br)cc(Br)cc1C(=O)O. The molecule has 0 saturated carbocycles. The lowest BCUT2D eigenvalue weighted by molar-refractivity contribution is 0.0590. The van der Waals surface area contributed by atoms with Gasteiger partial charge < -0.3 is 20.1 Å². The van der Waals surface area contributed by atoms with Crippen LogP contribution in [0, 0.1) is 11.3 Å². The van der Waals surface area contributed by atoms with E-state index in [1.165, 1.54) is 23.9 Å². The van der Waals surface area contributed by atoms with Crippen molar-refractivity contribution in [2.24, 2.45) is 0 Å². The highest BCUT2D eigenvalue weighted by atomic mass is 79.9. The molecule has 0 aliphatic heterocycles. The summed E-state index contributed by atoms with van der Waals surface area (Å²) in [6.07, 6.45) is 1.29. The Morgan fingerprint density at radius 2 is 2.04 bits per heavy atom. The molecular formula is C14H9Br2N3O4. The molecule has 9 heteroatoms. The molecule has 0 aliphatic rings. The normalized spacial score (nSPS) is 10.2. The van der Waals surface area contributed by atoms with E-state index in [4.69, 9.17) is 11.0 Å². The summed E-state index contributed by atoms with van der Waals surface area (Å²) < 4.78 is 6.85. The number of nitrogens with two attached hydrogens (primary N) is 1. The van der Waals surface area contributed by atoms with Gasteiger partial charge in [-0.2, -0.15) is 5.26 Å². The van der Waals surface area contributed by atoms with Crippen molar-refractivity contribution < 1.29 is 19.4 Å². The highest BCUT2D eigenvalue weighted by molar-refractivity contribution is 9.11. The van der Waals surface area contributed by atoms with Crippen LogP contribution in [-0.4, -0.2) is 28.7 Å². The number of carboxylic acid groups (broad SMARTS) is 1. The standard InChI is InChI=1S/C14H9Br2N3O4/c1-23-14(22)12-10(18)6(4-17)5-19(12)11-8(13(20)21)2-7(15)3-9(11)16/h2-3,5H,18H2,1H3,(H,20,21). The van der Waals surface area contributed by atoms with Crippen LogP contribution >= 0.6 is 31.9 Å². The monoisotopic (exact) mass is 441 g/mol. The predicted octanol–water partition coefficient (Wildman–Crippen LogP) is 2.94. The number of methoxy groups -OCH3 is 1. The van der Waals surface area contributed by atoms with Crippen molar-refractivity contribution in [2.45, 2.75) is 0 Å². The van der Waals surface area contributed by atoms with E-state index in [1.807, 2.05) is 6.07 Å². The van der Waals surface area contributed by atoms with Gasteiger partial charge in [0.2, 0.25) is 0 Å². The average molecular weight is 443 g/mol. The number of rotatable bonds is 3. The summed E-state index contributed by atoms with van der Waals surface area (Å²) in [4.78, 5) is 23.6. The number of halogens is 2. The minimum Gasteiger partial charge on any atom is -0.478 e. The van der Waals surface area contributed by atoms with E-state index < -0.39 is 11.9 Å². The Hall–Kier alpha value is -2.31. The van der Waals surface area contributed by atoms with Crippen LogP contribution in [0.2, 0.25) is 0 Å². The quantitative estimate of drug-likeness (QED) is 0.705. The topological polar surface area (TPSA) is 118 Å². The molecule has 0 amide bonds. The molecule has 1 aromatic heterocycles. The fraction of sp³-hybridized carbons (Fsp3) is 0.0714. The number of carboxylic acids is 1. The molecule has 0 bridgehead atoms. The van der Waals surface area contributed by atoms with Gasteiger partial charge >= 0.3 is 11.9 Å². The minimum absolute atomic E-state index is 0.0385. The van der Waals surface area contributed by atoms with Crippen molar-refractivity contribution in [1.29, 1.82) is 5.26 Å². The number of carbonyl (C=O) groups excluding carboxylic acids is 1. The third-order valence-electron chi connectivity index (χ3n) is 3.04. The molecular weight excluding hydrogens is 434 g/mol. The van der Waals surface area contributed by atoms with Gasteiger partial charge in [0.05, 0.1) is 29.6 Å². The Labute approximate surface area is 147 Å². The fourth-order valence-electron chi connectivity index (χ4n) is 2.06. The average Bonchev–Trinajstić information content (AvgIpc) is 2.82. The summed E-state index contributed by atoms with van der Waals surface area (Å²) in [5, 5.41) is 18.5. The van der Waals surface area contributed by atoms with Crippen LogP contribution < -0.4 is 5.73 Å². The maximum Gasteiger partial charge on any atom is 0.357 e. The van der Waals surface area contributed by atoms with Gasteiger partial charge in [-0.15, -0.1) is 0 Å². The van der Waals surface area contributed by atoms with Gasteiger partial charge in [0.15, 0.2) is 5.69 Å². The highest BCUT2D eigenvalue weighted by Gasteiger charge is 2.26. The van der Waals surface area contributed by atoms with Crippen LogP contribution in [0.3, 0.4) is 0 Å². The van der Waals surface area contributed by atoms with E-state index >= 15 is 0 Å². The summed E-state index contributed by atoms with van der Waals surface area (Å²) in [5.74, 6) is -1.99. The Balaban J connectivity index is 2.91. The second-order valence-electron chi connectivity index (χ2n) is 4.37. The number of nitrogen functional groups attached to an aromatic ring is 1. The molecule has 0 spiro atoms. The number of carbonyl (C=O) groups is 2. The van der Waals surface area contributed by atoms with Gasteiger partial charge in [-0.3, -0.25) is 0 Å². The second-order valence-corrected chi connectivity index (χ2v) is 6.14. The number of benzene rings is 1. The Morgan fingerprint density at radius 3 is 2.57 bits per heavy atom. The van der Waals surface area contributed by atoms with Crippen molar-refractivity contribution >= 4 is 49.5 Å². The molecule has 2 rings (SSSR count). The Kier molecular flexibility index (Phi) is 4.77. The van der Waals surface area contributed by atoms with Crippen LogP contribution in [0.1, 0.15) is 26.4 Å². The first kappa shape index (κ1) is 17.1. The van der Waals surface area contributed by atoms with E-state index in [1.54, 1.807) is 6.07 Å². The molecule has 1 aromatic carbocycles. The lowest BCUT2D eigenvalue weighted by atomic mass is 10.1. The number of aromatic nitrogens is 1. The van der Waals surface area contributed by atoms with Gasteiger partial charge in [-0.05, 0) is 28.1 Å². The molecule has 7 nitrogen and oxygen atoms in total. The third kappa shape index (κ3) is 2.95. The first-order valence-electron chi connectivity index (χ1n) is 6.03. The molecule has 3 N–H and O–H groups in total. The lowest BCUT2D eigenvalue weighted by Gasteiger charge is -2.14. The van der Waals surface area contributed by atoms with Crippen molar-refractivity contribution in [1.82, 2.24) is 4.57 Å². The molecule has 2 aromatic rings. The largest absolute Gasteiger partial charge is 0.478 e. The van der Waals surface area contributed by atoms with Crippen LogP contribution in [0.25, 0.3) is 5.69 Å². The highest BCUT2D eigenvalue weighted by Crippen LogP contribution is 2.33. The molecule has 1 heterocycles. The van der Waals surface area contributed by atoms with Crippen molar-refractivity contribution in [2.75, 3.05) is 12.8 Å². The third-order valence-corrected chi connectivity index (χ3v) is 4.11. The van der Waals surface area contributed by atoms with E-state index in [0.717, 1.165) is 0 Å². The lowest BCUT2D eigenvalue weighted by Crippen LogP contribution is -2.14. The van der Waals surface area contributed by atoms with E-state index in [0.29, 0.717) is 8.95 Å². The summed E-state index contributed by atoms with van der Waals surface area (Å²) in [5.41, 5.74) is 5.74. The number of nitrogens with zero attached hydrogens (tertiary/aromatic N) is 2. The van der Waals surface area contributed by atoms with Gasteiger partial charge in [0, 0.05) is 15.1 Å². The van der Waals surface area contributed by atoms with Crippen molar-refractivity contribution in [3.63, 3.8) is 0 Å². The molecule has 0 unspecified atom stereocenters. The van der Waals surface area contributed by atoms with Crippen LogP contribution in [0.4, 0.5) is 5.69 Å². The molecule has 0 aliphatic carbocycles. The van der Waals surface area contributed by atoms with E-state index in [-0.39, 0.29) is 28.2 Å². The zero-order valence-corrected chi connectivity index (χ0v) is 14.8. The Bertz CT molecular complexity index is 868. The number of hydrogen-bond donors (Lipinski definition) is 2. The van der Waals surface area contributed by atoms with Gasteiger partial charge in [-0.25, -0.2) is 9.59 Å². The molecule has 23 heavy (non-hydrogen) atoms.